The van der Waals surface area contributed by atoms with Crippen LogP contribution in [0.15, 0.2) is 18.3 Å². The Morgan fingerprint density at radius 2 is 2.41 bits per heavy atom. The Kier molecular flexibility index (Phi) is 4.32. The Labute approximate surface area is 129 Å². The molecule has 3 rings (SSSR count). The van der Waals surface area contributed by atoms with Gasteiger partial charge in [0.15, 0.2) is 5.82 Å². The SMILES string of the molecule is CCc1n[nH]c(CNC(=O)N[C@H]2CCCc3cccnc32)n1. The number of rotatable bonds is 4. The van der Waals surface area contributed by atoms with Gasteiger partial charge in [-0.25, -0.2) is 9.78 Å². The van der Waals surface area contributed by atoms with E-state index in [2.05, 4.69) is 36.9 Å². The summed E-state index contributed by atoms with van der Waals surface area (Å²) in [6.07, 6.45) is 5.55. The summed E-state index contributed by atoms with van der Waals surface area (Å²) in [4.78, 5) is 20.7. The Morgan fingerprint density at radius 3 is 3.23 bits per heavy atom. The molecule has 3 N–H and O–H groups in total. The molecule has 2 heterocycles. The van der Waals surface area contributed by atoms with Crippen molar-refractivity contribution in [2.24, 2.45) is 0 Å². The number of nitrogens with zero attached hydrogens (tertiary/aromatic N) is 3. The van der Waals surface area contributed by atoms with E-state index in [1.807, 2.05) is 13.0 Å². The van der Waals surface area contributed by atoms with E-state index in [9.17, 15) is 4.79 Å². The number of fused-ring (bicyclic) bond motifs is 1. The van der Waals surface area contributed by atoms with Crippen molar-refractivity contribution >= 4 is 6.03 Å². The first-order valence-electron chi connectivity index (χ1n) is 7.64. The van der Waals surface area contributed by atoms with Crippen molar-refractivity contribution in [2.75, 3.05) is 0 Å². The molecule has 1 aliphatic carbocycles. The minimum atomic E-state index is -0.210. The van der Waals surface area contributed by atoms with E-state index in [0.717, 1.165) is 37.2 Å². The Balaban J connectivity index is 1.56. The normalized spacial score (nSPS) is 16.9. The molecule has 0 aromatic carbocycles. The molecular formula is C15H20N6O. The quantitative estimate of drug-likeness (QED) is 0.800. The highest BCUT2D eigenvalue weighted by Gasteiger charge is 2.22. The minimum Gasteiger partial charge on any atom is -0.331 e. The second kappa shape index (κ2) is 6.55. The van der Waals surface area contributed by atoms with Gasteiger partial charge in [-0.15, -0.1) is 0 Å². The van der Waals surface area contributed by atoms with Gasteiger partial charge in [-0.1, -0.05) is 13.0 Å². The van der Waals surface area contributed by atoms with Crippen molar-refractivity contribution in [1.82, 2.24) is 30.8 Å². The number of aryl methyl sites for hydroxylation is 2. The van der Waals surface area contributed by atoms with E-state index in [1.54, 1.807) is 6.20 Å². The van der Waals surface area contributed by atoms with Crippen LogP contribution in [0, 0.1) is 0 Å². The van der Waals surface area contributed by atoms with Crippen LogP contribution < -0.4 is 10.6 Å². The van der Waals surface area contributed by atoms with Gasteiger partial charge in [0, 0.05) is 12.6 Å². The number of aromatic amines is 1. The molecule has 0 spiro atoms. The number of carbonyl (C=O) groups is 1. The molecule has 7 nitrogen and oxygen atoms in total. The van der Waals surface area contributed by atoms with Crippen molar-refractivity contribution in [3.63, 3.8) is 0 Å². The lowest BCUT2D eigenvalue weighted by atomic mass is 9.92. The van der Waals surface area contributed by atoms with Gasteiger partial charge in [0.2, 0.25) is 0 Å². The van der Waals surface area contributed by atoms with E-state index >= 15 is 0 Å². The summed E-state index contributed by atoms with van der Waals surface area (Å²) in [6.45, 7) is 2.32. The summed E-state index contributed by atoms with van der Waals surface area (Å²) >= 11 is 0. The molecule has 0 aliphatic heterocycles. The number of hydrogen-bond donors (Lipinski definition) is 3. The molecule has 2 amide bonds. The van der Waals surface area contributed by atoms with E-state index in [1.165, 1.54) is 5.56 Å². The van der Waals surface area contributed by atoms with Gasteiger partial charge in [-0.2, -0.15) is 5.10 Å². The summed E-state index contributed by atoms with van der Waals surface area (Å²) in [6, 6.07) is 3.79. The number of aromatic nitrogens is 4. The van der Waals surface area contributed by atoms with Crippen molar-refractivity contribution in [3.8, 4) is 0 Å². The molecule has 0 radical (unpaired) electrons. The minimum absolute atomic E-state index is 0.0223. The van der Waals surface area contributed by atoms with Crippen molar-refractivity contribution in [2.45, 2.75) is 45.2 Å². The molecule has 2 aromatic heterocycles. The van der Waals surface area contributed by atoms with Crippen molar-refractivity contribution in [1.29, 1.82) is 0 Å². The molecule has 2 aromatic rings. The molecular weight excluding hydrogens is 280 g/mol. The first kappa shape index (κ1) is 14.5. The van der Waals surface area contributed by atoms with Crippen LogP contribution in [-0.4, -0.2) is 26.2 Å². The fraction of sp³-hybridized carbons (Fsp3) is 0.467. The highest BCUT2D eigenvalue weighted by Crippen LogP contribution is 2.27. The van der Waals surface area contributed by atoms with Gasteiger partial charge in [-0.05, 0) is 30.9 Å². The smallest absolute Gasteiger partial charge is 0.315 e. The first-order valence-corrected chi connectivity index (χ1v) is 7.64. The van der Waals surface area contributed by atoms with Gasteiger partial charge in [-0.3, -0.25) is 10.1 Å². The molecule has 0 bridgehead atoms. The molecule has 0 saturated heterocycles. The van der Waals surface area contributed by atoms with Gasteiger partial charge in [0.1, 0.15) is 5.82 Å². The third-order valence-corrected chi connectivity index (χ3v) is 3.81. The van der Waals surface area contributed by atoms with Gasteiger partial charge in [0.05, 0.1) is 18.3 Å². The number of H-pyrrole nitrogens is 1. The van der Waals surface area contributed by atoms with Gasteiger partial charge < -0.3 is 10.6 Å². The topological polar surface area (TPSA) is 95.6 Å². The summed E-state index contributed by atoms with van der Waals surface area (Å²) in [5, 5.41) is 12.6. The average molecular weight is 300 g/mol. The third kappa shape index (κ3) is 3.24. The van der Waals surface area contributed by atoms with Gasteiger partial charge in [0.25, 0.3) is 0 Å². The zero-order valence-corrected chi connectivity index (χ0v) is 12.6. The molecule has 1 atom stereocenters. The molecule has 0 fully saturated rings. The monoisotopic (exact) mass is 300 g/mol. The number of nitrogens with one attached hydrogen (secondary N) is 3. The lowest BCUT2D eigenvalue weighted by molar-refractivity contribution is 0.234. The van der Waals surface area contributed by atoms with Crippen molar-refractivity contribution in [3.05, 3.63) is 41.2 Å². The van der Waals surface area contributed by atoms with Crippen LogP contribution in [0.5, 0.6) is 0 Å². The lowest BCUT2D eigenvalue weighted by Crippen LogP contribution is -2.39. The largest absolute Gasteiger partial charge is 0.331 e. The lowest BCUT2D eigenvalue weighted by Gasteiger charge is -2.25. The Morgan fingerprint density at radius 1 is 1.50 bits per heavy atom. The zero-order valence-electron chi connectivity index (χ0n) is 12.6. The highest BCUT2D eigenvalue weighted by atomic mass is 16.2. The predicted octanol–water partition coefficient (Wildman–Crippen LogP) is 1.64. The standard InChI is InChI=1S/C15H20N6O/c1-2-12-19-13(21-20-12)9-17-15(22)18-11-7-3-5-10-6-4-8-16-14(10)11/h4,6,8,11H,2-3,5,7,9H2,1H3,(H2,17,18,22)(H,19,20,21)/t11-/m0/s1. The van der Waals surface area contributed by atoms with Crippen LogP contribution in [0.1, 0.15) is 48.7 Å². The number of pyridine rings is 1. The van der Waals surface area contributed by atoms with E-state index in [4.69, 9.17) is 0 Å². The first-order chi connectivity index (χ1) is 10.8. The van der Waals surface area contributed by atoms with E-state index in [-0.39, 0.29) is 12.1 Å². The number of carbonyl (C=O) groups excluding carboxylic acids is 1. The van der Waals surface area contributed by atoms with Crippen LogP contribution >= 0.6 is 0 Å². The van der Waals surface area contributed by atoms with Crippen molar-refractivity contribution < 1.29 is 4.79 Å². The van der Waals surface area contributed by atoms with Crippen LogP contribution in [0.25, 0.3) is 0 Å². The Bertz CT molecular complexity index is 653. The third-order valence-electron chi connectivity index (χ3n) is 3.81. The fourth-order valence-corrected chi connectivity index (χ4v) is 2.70. The predicted molar refractivity (Wildman–Crippen MR) is 81.0 cm³/mol. The zero-order chi connectivity index (χ0) is 15.4. The van der Waals surface area contributed by atoms with Crippen LogP contribution in [0.4, 0.5) is 4.79 Å². The average Bonchev–Trinajstić information content (AvgIpc) is 3.01. The Hall–Kier alpha value is -2.44. The summed E-state index contributed by atoms with van der Waals surface area (Å²) in [5.74, 6) is 1.41. The summed E-state index contributed by atoms with van der Waals surface area (Å²) < 4.78 is 0. The maximum Gasteiger partial charge on any atom is 0.315 e. The molecule has 22 heavy (non-hydrogen) atoms. The molecule has 0 saturated carbocycles. The van der Waals surface area contributed by atoms with E-state index < -0.39 is 0 Å². The fourth-order valence-electron chi connectivity index (χ4n) is 2.70. The highest BCUT2D eigenvalue weighted by molar-refractivity contribution is 5.74. The maximum absolute atomic E-state index is 12.1. The number of amides is 2. The second-order valence-electron chi connectivity index (χ2n) is 5.37. The molecule has 0 unspecified atom stereocenters. The molecule has 7 heteroatoms. The van der Waals surface area contributed by atoms with E-state index in [0.29, 0.717) is 12.4 Å². The van der Waals surface area contributed by atoms with Crippen LogP contribution in [0.3, 0.4) is 0 Å². The summed E-state index contributed by atoms with van der Waals surface area (Å²) in [5.41, 5.74) is 2.21. The number of hydrogen-bond acceptors (Lipinski definition) is 4. The van der Waals surface area contributed by atoms with Gasteiger partial charge >= 0.3 is 6.03 Å². The molecule has 1 aliphatic rings. The second-order valence-corrected chi connectivity index (χ2v) is 5.37. The molecule has 116 valence electrons. The number of urea groups is 1. The van der Waals surface area contributed by atoms with Crippen LogP contribution in [0.2, 0.25) is 0 Å². The summed E-state index contributed by atoms with van der Waals surface area (Å²) in [7, 11) is 0. The maximum atomic E-state index is 12.1. The van der Waals surface area contributed by atoms with Crippen LogP contribution in [-0.2, 0) is 19.4 Å².